The molecule has 2 N–H and O–H groups in total. The average Bonchev–Trinajstić information content (AvgIpc) is 3.07. The van der Waals surface area contributed by atoms with Crippen molar-refractivity contribution in [2.75, 3.05) is 25.2 Å². The molecule has 0 spiro atoms. The molecular weight excluding hydrogens is 242 g/mol. The van der Waals surface area contributed by atoms with E-state index in [0.29, 0.717) is 12.8 Å². The molecule has 0 radical (unpaired) electrons. The Hall–Kier alpha value is -2.01. The van der Waals surface area contributed by atoms with Gasteiger partial charge in [0, 0.05) is 24.2 Å². The molecule has 2 aromatic rings. The SMILES string of the molecule is c1cc2cc3c(cc2c(NC2CCNC2)n1)OCO3. The lowest BCUT2D eigenvalue weighted by molar-refractivity contribution is 0.174. The Labute approximate surface area is 110 Å². The van der Waals surface area contributed by atoms with Crippen LogP contribution in [0, 0.1) is 0 Å². The van der Waals surface area contributed by atoms with Gasteiger partial charge in [-0.15, -0.1) is 0 Å². The van der Waals surface area contributed by atoms with E-state index in [-0.39, 0.29) is 0 Å². The van der Waals surface area contributed by atoms with Crippen LogP contribution in [0.25, 0.3) is 10.8 Å². The van der Waals surface area contributed by atoms with E-state index in [9.17, 15) is 0 Å². The quantitative estimate of drug-likeness (QED) is 0.858. The second-order valence-corrected chi connectivity index (χ2v) is 4.92. The molecule has 5 heteroatoms. The number of nitrogens with zero attached hydrogens (tertiary/aromatic N) is 1. The van der Waals surface area contributed by atoms with E-state index in [2.05, 4.69) is 15.6 Å². The van der Waals surface area contributed by atoms with E-state index in [4.69, 9.17) is 9.47 Å². The monoisotopic (exact) mass is 257 g/mol. The lowest BCUT2D eigenvalue weighted by atomic mass is 10.1. The summed E-state index contributed by atoms with van der Waals surface area (Å²) < 4.78 is 10.8. The van der Waals surface area contributed by atoms with Gasteiger partial charge in [0.05, 0.1) is 0 Å². The van der Waals surface area contributed by atoms with Crippen LogP contribution in [0.15, 0.2) is 24.4 Å². The van der Waals surface area contributed by atoms with Crippen molar-refractivity contribution in [1.29, 1.82) is 0 Å². The van der Waals surface area contributed by atoms with Gasteiger partial charge in [0.1, 0.15) is 5.82 Å². The molecule has 0 aliphatic carbocycles. The first-order valence-electron chi connectivity index (χ1n) is 6.56. The molecular formula is C14H15N3O2. The van der Waals surface area contributed by atoms with Crippen molar-refractivity contribution in [3.8, 4) is 11.5 Å². The summed E-state index contributed by atoms with van der Waals surface area (Å²) in [5.74, 6) is 2.53. The predicted octanol–water partition coefficient (Wildman–Crippen LogP) is 1.74. The van der Waals surface area contributed by atoms with E-state index in [1.807, 2.05) is 24.4 Å². The standard InChI is InChI=1S/C14H15N3O2/c1-4-16-14(17-10-2-3-15-7-10)11-6-13-12(5-9(1)11)18-8-19-13/h1,4-6,10,15H,2-3,7-8H2,(H,16,17). The van der Waals surface area contributed by atoms with E-state index in [1.165, 1.54) is 0 Å². The summed E-state index contributed by atoms with van der Waals surface area (Å²) in [7, 11) is 0. The second kappa shape index (κ2) is 4.28. The van der Waals surface area contributed by atoms with E-state index < -0.39 is 0 Å². The van der Waals surface area contributed by atoms with Gasteiger partial charge in [0.2, 0.25) is 6.79 Å². The maximum Gasteiger partial charge on any atom is 0.231 e. The molecule has 1 fully saturated rings. The highest BCUT2D eigenvalue weighted by Gasteiger charge is 2.18. The molecule has 2 aliphatic heterocycles. The van der Waals surface area contributed by atoms with Crippen LogP contribution in [0.3, 0.4) is 0 Å². The summed E-state index contributed by atoms with van der Waals surface area (Å²) in [4.78, 5) is 4.46. The number of aromatic nitrogens is 1. The van der Waals surface area contributed by atoms with Gasteiger partial charge in [-0.1, -0.05) is 0 Å². The number of rotatable bonds is 2. The minimum absolute atomic E-state index is 0.300. The van der Waals surface area contributed by atoms with Crippen molar-refractivity contribution < 1.29 is 9.47 Å². The Morgan fingerprint density at radius 2 is 2.16 bits per heavy atom. The van der Waals surface area contributed by atoms with Crippen LogP contribution in [0.5, 0.6) is 11.5 Å². The Kier molecular flexibility index (Phi) is 2.45. The fourth-order valence-corrected chi connectivity index (χ4v) is 2.65. The molecule has 1 aromatic carbocycles. The van der Waals surface area contributed by atoms with Gasteiger partial charge in [-0.25, -0.2) is 4.98 Å². The predicted molar refractivity (Wildman–Crippen MR) is 72.8 cm³/mol. The van der Waals surface area contributed by atoms with Gasteiger partial charge in [-0.05, 0) is 36.6 Å². The number of nitrogens with one attached hydrogen (secondary N) is 2. The van der Waals surface area contributed by atoms with Crippen LogP contribution in [0.2, 0.25) is 0 Å². The topological polar surface area (TPSA) is 55.4 Å². The maximum atomic E-state index is 5.44. The van der Waals surface area contributed by atoms with Crippen molar-refractivity contribution in [1.82, 2.24) is 10.3 Å². The molecule has 1 saturated heterocycles. The van der Waals surface area contributed by atoms with Crippen molar-refractivity contribution >= 4 is 16.6 Å². The summed E-state index contributed by atoms with van der Waals surface area (Å²) in [6.45, 7) is 2.35. The zero-order valence-corrected chi connectivity index (χ0v) is 10.5. The van der Waals surface area contributed by atoms with Crippen LogP contribution in [-0.4, -0.2) is 30.9 Å². The molecule has 1 unspecified atom stereocenters. The largest absolute Gasteiger partial charge is 0.454 e. The Morgan fingerprint density at radius 3 is 3.00 bits per heavy atom. The number of anilines is 1. The molecule has 5 nitrogen and oxygen atoms in total. The Morgan fingerprint density at radius 1 is 1.26 bits per heavy atom. The fraction of sp³-hybridized carbons (Fsp3) is 0.357. The van der Waals surface area contributed by atoms with Crippen molar-refractivity contribution in [2.45, 2.75) is 12.5 Å². The number of hydrogen-bond donors (Lipinski definition) is 2. The van der Waals surface area contributed by atoms with E-state index in [0.717, 1.165) is 47.6 Å². The third kappa shape index (κ3) is 1.86. The van der Waals surface area contributed by atoms with Crippen LogP contribution < -0.4 is 20.1 Å². The number of ether oxygens (including phenoxy) is 2. The van der Waals surface area contributed by atoms with Gasteiger partial charge in [0.15, 0.2) is 11.5 Å². The van der Waals surface area contributed by atoms with Gasteiger partial charge in [-0.2, -0.15) is 0 Å². The minimum Gasteiger partial charge on any atom is -0.454 e. The zero-order valence-electron chi connectivity index (χ0n) is 10.5. The minimum atomic E-state index is 0.300. The molecule has 0 bridgehead atoms. The van der Waals surface area contributed by atoms with Gasteiger partial charge < -0.3 is 20.1 Å². The average molecular weight is 257 g/mol. The smallest absolute Gasteiger partial charge is 0.231 e. The number of benzene rings is 1. The fourth-order valence-electron chi connectivity index (χ4n) is 2.65. The molecule has 19 heavy (non-hydrogen) atoms. The molecule has 3 heterocycles. The third-order valence-corrected chi connectivity index (χ3v) is 3.66. The van der Waals surface area contributed by atoms with Crippen LogP contribution in [0.1, 0.15) is 6.42 Å². The van der Waals surface area contributed by atoms with Gasteiger partial charge in [0.25, 0.3) is 0 Å². The third-order valence-electron chi connectivity index (χ3n) is 3.66. The van der Waals surface area contributed by atoms with Gasteiger partial charge >= 0.3 is 0 Å². The van der Waals surface area contributed by atoms with Crippen LogP contribution >= 0.6 is 0 Å². The number of pyridine rings is 1. The molecule has 0 amide bonds. The lowest BCUT2D eigenvalue weighted by Gasteiger charge is -2.14. The summed E-state index contributed by atoms with van der Waals surface area (Å²) in [6, 6.07) is 6.46. The number of fused-ring (bicyclic) bond motifs is 2. The van der Waals surface area contributed by atoms with Crippen LogP contribution in [0.4, 0.5) is 5.82 Å². The lowest BCUT2D eigenvalue weighted by Crippen LogP contribution is -2.22. The normalized spacial score (nSPS) is 20.9. The molecule has 4 rings (SSSR count). The first kappa shape index (κ1) is 10.9. The summed E-state index contributed by atoms with van der Waals surface area (Å²) in [6.07, 6.45) is 2.96. The molecule has 2 aliphatic rings. The highest BCUT2D eigenvalue weighted by molar-refractivity contribution is 5.94. The Balaban J connectivity index is 1.77. The summed E-state index contributed by atoms with van der Waals surface area (Å²) in [5, 5.41) is 9.05. The summed E-state index contributed by atoms with van der Waals surface area (Å²) >= 11 is 0. The Bertz CT molecular complexity index is 623. The second-order valence-electron chi connectivity index (χ2n) is 4.92. The van der Waals surface area contributed by atoms with Gasteiger partial charge in [-0.3, -0.25) is 0 Å². The number of hydrogen-bond acceptors (Lipinski definition) is 5. The molecule has 1 atom stereocenters. The van der Waals surface area contributed by atoms with Crippen LogP contribution in [-0.2, 0) is 0 Å². The molecule has 98 valence electrons. The highest BCUT2D eigenvalue weighted by Crippen LogP contribution is 2.37. The van der Waals surface area contributed by atoms with Crippen molar-refractivity contribution in [3.05, 3.63) is 24.4 Å². The first-order chi connectivity index (χ1) is 9.40. The molecule has 0 saturated carbocycles. The van der Waals surface area contributed by atoms with Crippen molar-refractivity contribution in [3.63, 3.8) is 0 Å². The van der Waals surface area contributed by atoms with E-state index >= 15 is 0 Å². The zero-order chi connectivity index (χ0) is 12.7. The van der Waals surface area contributed by atoms with Crippen molar-refractivity contribution in [2.24, 2.45) is 0 Å². The maximum absolute atomic E-state index is 5.44. The molecule has 1 aromatic heterocycles. The van der Waals surface area contributed by atoms with E-state index in [1.54, 1.807) is 0 Å². The summed E-state index contributed by atoms with van der Waals surface area (Å²) in [5.41, 5.74) is 0. The first-order valence-corrected chi connectivity index (χ1v) is 6.56. The highest BCUT2D eigenvalue weighted by atomic mass is 16.7.